The Morgan fingerprint density at radius 1 is 1.06 bits per heavy atom. The molecule has 4 rings (SSSR count). The van der Waals surface area contributed by atoms with Crippen molar-refractivity contribution < 1.29 is 23.8 Å². The predicted molar refractivity (Wildman–Crippen MR) is 132 cm³/mol. The van der Waals surface area contributed by atoms with Crippen molar-refractivity contribution in [1.82, 2.24) is 9.55 Å². The Kier molecular flexibility index (Phi) is 6.94. The zero-order valence-corrected chi connectivity index (χ0v) is 20.8. The molecule has 0 amide bonds. The Morgan fingerprint density at radius 2 is 1.60 bits per heavy atom. The van der Waals surface area contributed by atoms with Gasteiger partial charge in [0, 0.05) is 0 Å². The molecule has 0 aliphatic carbocycles. The smallest absolute Gasteiger partial charge is 0.351 e. The highest BCUT2D eigenvalue weighted by molar-refractivity contribution is 6.99. The highest BCUT2D eigenvalue weighted by Gasteiger charge is 2.52. The van der Waals surface area contributed by atoms with Crippen LogP contribution in [0.2, 0.25) is 5.04 Å². The maximum atomic E-state index is 14.0. The molecule has 1 fully saturated rings. The lowest BCUT2D eigenvalue weighted by Crippen LogP contribution is -2.67. The number of hydrogen-bond donors (Lipinski definition) is 3. The summed E-state index contributed by atoms with van der Waals surface area (Å²) in [4.78, 5) is 15.7. The molecule has 186 valence electrons. The van der Waals surface area contributed by atoms with Gasteiger partial charge in [0.05, 0.1) is 12.8 Å². The molecule has 2 heterocycles. The monoisotopic (exact) mass is 499 g/mol. The number of benzene rings is 2. The summed E-state index contributed by atoms with van der Waals surface area (Å²) in [5, 5.41) is 23.2. The number of rotatable bonds is 6. The maximum absolute atomic E-state index is 14.0. The molecule has 35 heavy (non-hydrogen) atoms. The van der Waals surface area contributed by atoms with Crippen molar-refractivity contribution in [3.05, 3.63) is 83.2 Å². The van der Waals surface area contributed by atoms with Gasteiger partial charge in [0.1, 0.15) is 18.3 Å². The molecule has 2 aromatic carbocycles. The van der Waals surface area contributed by atoms with Crippen molar-refractivity contribution in [2.75, 3.05) is 12.3 Å². The summed E-state index contributed by atoms with van der Waals surface area (Å²) in [5.74, 6) is -1.48. The van der Waals surface area contributed by atoms with Gasteiger partial charge in [-0.2, -0.15) is 4.98 Å². The second kappa shape index (κ2) is 9.63. The van der Waals surface area contributed by atoms with E-state index in [1.54, 1.807) is 0 Å². The van der Waals surface area contributed by atoms with Crippen molar-refractivity contribution in [1.29, 1.82) is 0 Å². The lowest BCUT2D eigenvalue weighted by Gasteiger charge is -2.43. The fourth-order valence-corrected chi connectivity index (χ4v) is 9.28. The lowest BCUT2D eigenvalue weighted by molar-refractivity contribution is -0.0530. The molecule has 8 nitrogen and oxygen atoms in total. The number of nitrogens with zero attached hydrogens (tertiary/aromatic N) is 2. The molecule has 0 radical (unpaired) electrons. The minimum absolute atomic E-state index is 0.0539. The summed E-state index contributed by atoms with van der Waals surface area (Å²) in [6, 6.07) is 19.9. The number of nitrogen functional groups attached to an aromatic ring is 1. The summed E-state index contributed by atoms with van der Waals surface area (Å²) in [6.45, 7) is 6.29. The number of aliphatic hydroxyl groups is 2. The van der Waals surface area contributed by atoms with Gasteiger partial charge in [0.25, 0.3) is 8.32 Å². The van der Waals surface area contributed by atoms with Crippen LogP contribution in [0.1, 0.15) is 27.0 Å². The van der Waals surface area contributed by atoms with Crippen LogP contribution in [-0.2, 0) is 9.16 Å². The van der Waals surface area contributed by atoms with Crippen molar-refractivity contribution in [3.8, 4) is 0 Å². The third kappa shape index (κ3) is 4.55. The first-order valence-electron chi connectivity index (χ1n) is 11.4. The minimum atomic E-state index is -2.93. The second-order valence-electron chi connectivity index (χ2n) is 9.68. The lowest BCUT2D eigenvalue weighted by atomic mass is 10.1. The SMILES string of the molecule is CC(C)(C)[Si](OC[C@H]1O[C@H](n2cc(F)c(N)nc2=O)[C@@H](O)[C@H]1O)(c1ccccc1)c1ccccc1. The number of ether oxygens (including phenoxy) is 1. The van der Waals surface area contributed by atoms with Crippen LogP contribution in [0.25, 0.3) is 0 Å². The predicted octanol–water partition coefficient (Wildman–Crippen LogP) is 1.16. The Hall–Kier alpha value is -2.89. The fourth-order valence-electron chi connectivity index (χ4n) is 4.71. The van der Waals surface area contributed by atoms with Crippen LogP contribution in [0.4, 0.5) is 10.2 Å². The Labute approximate surface area is 203 Å². The Morgan fingerprint density at radius 3 is 2.11 bits per heavy atom. The molecular formula is C25H30FN3O5Si. The van der Waals surface area contributed by atoms with E-state index in [2.05, 4.69) is 25.8 Å². The van der Waals surface area contributed by atoms with Crippen molar-refractivity contribution in [2.24, 2.45) is 0 Å². The summed E-state index contributed by atoms with van der Waals surface area (Å²) in [5.41, 5.74) is 4.46. The average Bonchev–Trinajstić information content (AvgIpc) is 3.11. The fraction of sp³-hybridized carbons (Fsp3) is 0.360. The molecule has 4 atom stereocenters. The van der Waals surface area contributed by atoms with E-state index < -0.39 is 50.2 Å². The summed E-state index contributed by atoms with van der Waals surface area (Å²) in [6.07, 6.45) is -4.36. The molecular weight excluding hydrogens is 469 g/mol. The molecule has 0 unspecified atom stereocenters. The number of hydrogen-bond acceptors (Lipinski definition) is 7. The topological polar surface area (TPSA) is 120 Å². The molecule has 4 N–H and O–H groups in total. The van der Waals surface area contributed by atoms with E-state index in [4.69, 9.17) is 14.9 Å². The first kappa shape index (κ1) is 25.2. The van der Waals surface area contributed by atoms with Gasteiger partial charge in [0.2, 0.25) is 0 Å². The van der Waals surface area contributed by atoms with Crippen LogP contribution >= 0.6 is 0 Å². The first-order chi connectivity index (χ1) is 16.6. The van der Waals surface area contributed by atoms with Crippen LogP contribution in [0, 0.1) is 5.82 Å². The zero-order valence-electron chi connectivity index (χ0n) is 19.8. The largest absolute Gasteiger partial charge is 0.405 e. The van der Waals surface area contributed by atoms with E-state index in [1.807, 2.05) is 60.7 Å². The third-order valence-corrected chi connectivity index (χ3v) is 11.4. The van der Waals surface area contributed by atoms with Gasteiger partial charge in [-0.1, -0.05) is 81.4 Å². The highest BCUT2D eigenvalue weighted by atomic mass is 28.4. The van der Waals surface area contributed by atoms with Crippen LogP contribution < -0.4 is 21.8 Å². The normalized spacial score (nSPS) is 22.9. The highest BCUT2D eigenvalue weighted by Crippen LogP contribution is 2.38. The van der Waals surface area contributed by atoms with Gasteiger partial charge in [-0.25, -0.2) is 9.18 Å². The number of nitrogens with two attached hydrogens (primary N) is 1. The zero-order chi connectivity index (χ0) is 25.4. The minimum Gasteiger partial charge on any atom is -0.405 e. The second-order valence-corrected chi connectivity index (χ2v) is 14.0. The molecule has 10 heteroatoms. The van der Waals surface area contributed by atoms with Crippen molar-refractivity contribution in [2.45, 2.75) is 50.3 Å². The van der Waals surface area contributed by atoms with E-state index in [0.717, 1.165) is 21.1 Å². The summed E-state index contributed by atoms with van der Waals surface area (Å²) >= 11 is 0. The van der Waals surface area contributed by atoms with Gasteiger partial charge >= 0.3 is 5.69 Å². The van der Waals surface area contributed by atoms with Gasteiger partial charge in [-0.15, -0.1) is 0 Å². The molecule has 0 saturated carbocycles. The maximum Gasteiger partial charge on any atom is 0.351 e. The number of anilines is 1. The van der Waals surface area contributed by atoms with E-state index in [1.165, 1.54) is 0 Å². The molecule has 3 aromatic rings. The number of halogens is 1. The molecule has 1 aliphatic heterocycles. The van der Waals surface area contributed by atoms with Gasteiger partial charge in [0.15, 0.2) is 17.9 Å². The van der Waals surface area contributed by atoms with E-state index >= 15 is 0 Å². The molecule has 0 spiro atoms. The Balaban J connectivity index is 1.68. The molecule has 1 aliphatic rings. The first-order valence-corrected chi connectivity index (χ1v) is 13.3. The van der Waals surface area contributed by atoms with E-state index in [-0.39, 0.29) is 11.6 Å². The van der Waals surface area contributed by atoms with Crippen LogP contribution in [0.15, 0.2) is 71.7 Å². The number of aromatic nitrogens is 2. The molecule has 1 aromatic heterocycles. The van der Waals surface area contributed by atoms with Crippen molar-refractivity contribution in [3.63, 3.8) is 0 Å². The molecule has 1 saturated heterocycles. The molecule has 0 bridgehead atoms. The third-order valence-electron chi connectivity index (χ3n) is 6.43. The van der Waals surface area contributed by atoms with Crippen molar-refractivity contribution >= 4 is 24.5 Å². The standard InChI is InChI=1S/C25H30FN3O5Si/c1-25(2,3)35(16-10-6-4-7-11-16,17-12-8-5-9-13-17)33-15-19-20(30)21(31)23(34-19)29-14-18(26)22(27)28-24(29)32/h4-14,19-21,23,30-31H,15H2,1-3H3,(H2,27,28,32)/t19-,20+,21+,23+/m1/s1. The van der Waals surface area contributed by atoms with Crippen LogP contribution in [0.3, 0.4) is 0 Å². The van der Waals surface area contributed by atoms with Gasteiger partial charge < -0.3 is 25.1 Å². The van der Waals surface area contributed by atoms with E-state index in [9.17, 15) is 19.4 Å². The quantitative estimate of drug-likeness (QED) is 0.436. The summed E-state index contributed by atoms with van der Waals surface area (Å²) < 4.78 is 27.4. The number of aliphatic hydroxyl groups excluding tert-OH is 2. The van der Waals surface area contributed by atoms with Crippen LogP contribution in [-0.4, -0.2) is 53.0 Å². The Bertz CT molecular complexity index is 1180. The van der Waals surface area contributed by atoms with Crippen LogP contribution in [0.5, 0.6) is 0 Å². The van der Waals surface area contributed by atoms with Gasteiger partial charge in [-0.3, -0.25) is 4.57 Å². The summed E-state index contributed by atoms with van der Waals surface area (Å²) in [7, 11) is -2.93. The van der Waals surface area contributed by atoms with Gasteiger partial charge in [-0.05, 0) is 15.4 Å². The van der Waals surface area contributed by atoms with E-state index in [0.29, 0.717) is 0 Å². The average molecular weight is 500 g/mol.